The van der Waals surface area contributed by atoms with Gasteiger partial charge in [-0.2, -0.15) is 0 Å². The van der Waals surface area contributed by atoms with E-state index in [1.54, 1.807) is 7.11 Å². The Balaban J connectivity index is 1.61. The predicted octanol–water partition coefficient (Wildman–Crippen LogP) is 2.37. The Morgan fingerprint density at radius 1 is 1.10 bits per heavy atom. The third-order valence-corrected chi connectivity index (χ3v) is 4.95. The van der Waals surface area contributed by atoms with Gasteiger partial charge in [-0.15, -0.1) is 0 Å². The molecule has 0 aromatic rings. The van der Waals surface area contributed by atoms with E-state index in [2.05, 4.69) is 12.2 Å². The summed E-state index contributed by atoms with van der Waals surface area (Å²) in [5.41, 5.74) is 0.437. The van der Waals surface area contributed by atoms with E-state index in [4.69, 9.17) is 14.2 Å². The highest BCUT2D eigenvalue weighted by molar-refractivity contribution is 5.09. The van der Waals surface area contributed by atoms with Crippen LogP contribution in [0.1, 0.15) is 45.4 Å². The number of ether oxygens (including phenoxy) is 3. The molecular formula is C16H31NO3. The van der Waals surface area contributed by atoms with Crippen molar-refractivity contribution < 1.29 is 14.2 Å². The summed E-state index contributed by atoms with van der Waals surface area (Å²) in [6, 6.07) is 0.683. The van der Waals surface area contributed by atoms with Gasteiger partial charge in [0.25, 0.3) is 0 Å². The largest absolute Gasteiger partial charge is 0.385 e. The highest BCUT2D eigenvalue weighted by Gasteiger charge is 2.56. The summed E-state index contributed by atoms with van der Waals surface area (Å²) < 4.78 is 16.7. The Morgan fingerprint density at radius 2 is 1.90 bits per heavy atom. The Morgan fingerprint density at radius 3 is 2.60 bits per heavy atom. The average molecular weight is 285 g/mol. The van der Waals surface area contributed by atoms with E-state index in [1.165, 1.54) is 32.1 Å². The summed E-state index contributed by atoms with van der Waals surface area (Å²) in [4.78, 5) is 0. The van der Waals surface area contributed by atoms with E-state index in [1.807, 2.05) is 0 Å². The smallest absolute Gasteiger partial charge is 0.0704 e. The lowest BCUT2D eigenvalue weighted by Gasteiger charge is -2.54. The van der Waals surface area contributed by atoms with Crippen molar-refractivity contribution in [2.45, 2.75) is 57.6 Å². The minimum absolute atomic E-state index is 0.437. The molecule has 118 valence electrons. The maximum atomic E-state index is 6.10. The van der Waals surface area contributed by atoms with E-state index in [-0.39, 0.29) is 0 Å². The van der Waals surface area contributed by atoms with Crippen LogP contribution < -0.4 is 5.32 Å². The summed E-state index contributed by atoms with van der Waals surface area (Å²) in [6.07, 6.45) is 8.01. The fourth-order valence-corrected chi connectivity index (χ4v) is 3.87. The van der Waals surface area contributed by atoms with Gasteiger partial charge in [0, 0.05) is 31.8 Å². The Labute approximate surface area is 123 Å². The van der Waals surface area contributed by atoms with Crippen LogP contribution >= 0.6 is 0 Å². The standard InChI is InChI=1S/C16H31NO3/c1-3-17-14-13-15(16(14)7-4-5-8-16)20-12-11-19-10-6-9-18-2/h14-15,17H,3-13H2,1-2H3. The van der Waals surface area contributed by atoms with E-state index in [0.29, 0.717) is 24.2 Å². The van der Waals surface area contributed by atoms with Crippen molar-refractivity contribution in [2.75, 3.05) is 40.1 Å². The molecule has 0 aromatic carbocycles. The van der Waals surface area contributed by atoms with Gasteiger partial charge in [-0.25, -0.2) is 0 Å². The molecule has 2 aliphatic rings. The van der Waals surface area contributed by atoms with Crippen LogP contribution in [0.4, 0.5) is 0 Å². The molecule has 2 atom stereocenters. The van der Waals surface area contributed by atoms with Crippen LogP contribution in [-0.4, -0.2) is 52.2 Å². The Bertz CT molecular complexity index is 266. The first-order valence-corrected chi connectivity index (χ1v) is 8.25. The van der Waals surface area contributed by atoms with Crippen molar-refractivity contribution in [3.8, 4) is 0 Å². The lowest BCUT2D eigenvalue weighted by atomic mass is 9.60. The maximum absolute atomic E-state index is 6.10. The van der Waals surface area contributed by atoms with E-state index in [9.17, 15) is 0 Å². The molecule has 0 aliphatic heterocycles. The SMILES string of the molecule is CCNC1CC(OCCOCCCOC)C12CCCC2. The molecule has 2 unspecified atom stereocenters. The number of hydrogen-bond donors (Lipinski definition) is 1. The lowest BCUT2D eigenvalue weighted by molar-refractivity contribution is -0.141. The molecule has 0 amide bonds. The number of hydrogen-bond acceptors (Lipinski definition) is 4. The molecule has 0 bridgehead atoms. The molecule has 2 aliphatic carbocycles. The summed E-state index contributed by atoms with van der Waals surface area (Å²) in [7, 11) is 1.72. The topological polar surface area (TPSA) is 39.7 Å². The quantitative estimate of drug-likeness (QED) is 0.626. The number of methoxy groups -OCH3 is 1. The van der Waals surface area contributed by atoms with Crippen molar-refractivity contribution in [1.82, 2.24) is 5.32 Å². The molecule has 2 saturated carbocycles. The second kappa shape index (κ2) is 8.32. The highest BCUT2D eigenvalue weighted by Crippen LogP contribution is 2.54. The van der Waals surface area contributed by atoms with Crippen LogP contribution in [0.2, 0.25) is 0 Å². The third kappa shape index (κ3) is 3.73. The molecule has 1 N–H and O–H groups in total. The molecule has 4 heteroatoms. The summed E-state index contributed by atoms with van der Waals surface area (Å²) in [6.45, 7) is 6.26. The Hall–Kier alpha value is -0.160. The van der Waals surface area contributed by atoms with Gasteiger partial charge in [-0.3, -0.25) is 0 Å². The Kier molecular flexibility index (Phi) is 6.75. The van der Waals surface area contributed by atoms with Crippen LogP contribution in [0.5, 0.6) is 0 Å². The van der Waals surface area contributed by atoms with Crippen LogP contribution in [0.3, 0.4) is 0 Å². The van der Waals surface area contributed by atoms with Gasteiger partial charge in [0.05, 0.1) is 19.3 Å². The molecule has 0 saturated heterocycles. The zero-order chi connectivity index (χ0) is 14.3. The van der Waals surface area contributed by atoms with E-state index >= 15 is 0 Å². The summed E-state index contributed by atoms with van der Waals surface area (Å²) >= 11 is 0. The fraction of sp³-hybridized carbons (Fsp3) is 1.00. The minimum Gasteiger partial charge on any atom is -0.385 e. The fourth-order valence-electron chi connectivity index (χ4n) is 3.87. The lowest BCUT2D eigenvalue weighted by Crippen LogP contribution is -2.62. The summed E-state index contributed by atoms with van der Waals surface area (Å²) in [5.74, 6) is 0. The average Bonchev–Trinajstić information content (AvgIpc) is 2.96. The number of rotatable bonds is 10. The van der Waals surface area contributed by atoms with Gasteiger partial charge in [0.2, 0.25) is 0 Å². The molecular weight excluding hydrogens is 254 g/mol. The van der Waals surface area contributed by atoms with Crippen LogP contribution in [0, 0.1) is 5.41 Å². The van der Waals surface area contributed by atoms with Crippen LogP contribution in [0.15, 0.2) is 0 Å². The van der Waals surface area contributed by atoms with Crippen molar-refractivity contribution in [1.29, 1.82) is 0 Å². The van der Waals surface area contributed by atoms with Gasteiger partial charge in [-0.05, 0) is 32.2 Å². The van der Waals surface area contributed by atoms with Gasteiger partial charge in [-0.1, -0.05) is 19.8 Å². The number of nitrogens with one attached hydrogen (secondary N) is 1. The van der Waals surface area contributed by atoms with Crippen LogP contribution in [-0.2, 0) is 14.2 Å². The van der Waals surface area contributed by atoms with Crippen molar-refractivity contribution in [3.63, 3.8) is 0 Å². The molecule has 0 heterocycles. The van der Waals surface area contributed by atoms with E-state index in [0.717, 1.165) is 32.8 Å². The highest BCUT2D eigenvalue weighted by atomic mass is 16.5. The van der Waals surface area contributed by atoms with Crippen LogP contribution in [0.25, 0.3) is 0 Å². The van der Waals surface area contributed by atoms with Crippen molar-refractivity contribution >= 4 is 0 Å². The third-order valence-electron chi connectivity index (χ3n) is 4.95. The molecule has 0 radical (unpaired) electrons. The molecule has 0 aromatic heterocycles. The first-order chi connectivity index (χ1) is 9.83. The molecule has 1 spiro atoms. The zero-order valence-electron chi connectivity index (χ0n) is 13.2. The van der Waals surface area contributed by atoms with Gasteiger partial charge in [0.1, 0.15) is 0 Å². The zero-order valence-corrected chi connectivity index (χ0v) is 13.2. The van der Waals surface area contributed by atoms with Gasteiger partial charge < -0.3 is 19.5 Å². The summed E-state index contributed by atoms with van der Waals surface area (Å²) in [5, 5.41) is 3.64. The second-order valence-electron chi connectivity index (χ2n) is 6.10. The van der Waals surface area contributed by atoms with Crippen molar-refractivity contribution in [3.05, 3.63) is 0 Å². The molecule has 20 heavy (non-hydrogen) atoms. The van der Waals surface area contributed by atoms with E-state index < -0.39 is 0 Å². The first kappa shape index (κ1) is 16.2. The van der Waals surface area contributed by atoms with Gasteiger partial charge in [0.15, 0.2) is 0 Å². The predicted molar refractivity (Wildman–Crippen MR) is 80.0 cm³/mol. The monoisotopic (exact) mass is 285 g/mol. The molecule has 4 nitrogen and oxygen atoms in total. The van der Waals surface area contributed by atoms with Crippen molar-refractivity contribution in [2.24, 2.45) is 5.41 Å². The molecule has 2 rings (SSSR count). The maximum Gasteiger partial charge on any atom is 0.0704 e. The minimum atomic E-state index is 0.437. The van der Waals surface area contributed by atoms with Gasteiger partial charge >= 0.3 is 0 Å². The second-order valence-corrected chi connectivity index (χ2v) is 6.10. The normalized spacial score (nSPS) is 27.9. The molecule has 2 fully saturated rings. The first-order valence-electron chi connectivity index (χ1n) is 8.25.